The van der Waals surface area contributed by atoms with E-state index in [0.29, 0.717) is 12.8 Å². The maximum atomic E-state index is 10.8. The Balaban J connectivity index is 2.46. The van der Waals surface area contributed by atoms with Crippen LogP contribution in [0.15, 0.2) is 30.6 Å². The first kappa shape index (κ1) is 10.6. The first-order chi connectivity index (χ1) is 7.68. The number of benzene rings is 1. The van der Waals surface area contributed by atoms with Gasteiger partial charge in [0.1, 0.15) is 0 Å². The molecule has 2 aromatic rings. The van der Waals surface area contributed by atoms with Crippen LogP contribution in [-0.2, 0) is 11.2 Å². The number of amides is 1. The van der Waals surface area contributed by atoms with Crippen molar-refractivity contribution in [2.45, 2.75) is 19.8 Å². The number of aromatic nitrogens is 1. The van der Waals surface area contributed by atoms with Gasteiger partial charge < -0.3 is 5.73 Å². The average molecular weight is 214 g/mol. The Kier molecular flexibility index (Phi) is 2.86. The van der Waals surface area contributed by atoms with E-state index >= 15 is 0 Å². The number of carbonyl (C=O) groups excluding carboxylic acids is 1. The number of fused-ring (bicyclic) bond motifs is 1. The van der Waals surface area contributed by atoms with E-state index in [1.807, 2.05) is 12.3 Å². The van der Waals surface area contributed by atoms with Crippen molar-refractivity contribution in [3.05, 3.63) is 41.7 Å². The van der Waals surface area contributed by atoms with Gasteiger partial charge in [-0.05, 0) is 35.9 Å². The van der Waals surface area contributed by atoms with Crippen LogP contribution in [0, 0.1) is 6.92 Å². The quantitative estimate of drug-likeness (QED) is 0.849. The SMILES string of the molecule is Cc1ccc(CCC(N)=O)c2ccncc12. The number of nitrogens with zero attached hydrogens (tertiary/aromatic N) is 1. The second-order valence-corrected chi connectivity index (χ2v) is 3.93. The van der Waals surface area contributed by atoms with Gasteiger partial charge >= 0.3 is 0 Å². The van der Waals surface area contributed by atoms with E-state index in [0.717, 1.165) is 16.3 Å². The third-order valence-corrected chi connectivity index (χ3v) is 2.77. The van der Waals surface area contributed by atoms with E-state index in [1.54, 1.807) is 6.20 Å². The molecule has 0 radical (unpaired) electrons. The molecule has 0 aliphatic rings. The molecule has 1 amide bonds. The summed E-state index contributed by atoms with van der Waals surface area (Å²) in [6, 6.07) is 6.10. The summed E-state index contributed by atoms with van der Waals surface area (Å²) >= 11 is 0. The van der Waals surface area contributed by atoms with Crippen molar-refractivity contribution >= 4 is 16.7 Å². The van der Waals surface area contributed by atoms with Crippen molar-refractivity contribution in [2.75, 3.05) is 0 Å². The summed E-state index contributed by atoms with van der Waals surface area (Å²) in [4.78, 5) is 14.9. The highest BCUT2D eigenvalue weighted by atomic mass is 16.1. The van der Waals surface area contributed by atoms with Crippen molar-refractivity contribution in [3.63, 3.8) is 0 Å². The number of primary amides is 1. The minimum Gasteiger partial charge on any atom is -0.370 e. The molecule has 0 fully saturated rings. The van der Waals surface area contributed by atoms with Crippen LogP contribution >= 0.6 is 0 Å². The van der Waals surface area contributed by atoms with Crippen LogP contribution in [0.3, 0.4) is 0 Å². The largest absolute Gasteiger partial charge is 0.370 e. The van der Waals surface area contributed by atoms with Crippen LogP contribution in [0.2, 0.25) is 0 Å². The first-order valence-corrected chi connectivity index (χ1v) is 5.29. The maximum absolute atomic E-state index is 10.8. The van der Waals surface area contributed by atoms with E-state index in [9.17, 15) is 4.79 Å². The van der Waals surface area contributed by atoms with Crippen molar-refractivity contribution in [3.8, 4) is 0 Å². The zero-order valence-electron chi connectivity index (χ0n) is 9.23. The first-order valence-electron chi connectivity index (χ1n) is 5.29. The van der Waals surface area contributed by atoms with Gasteiger partial charge in [-0.25, -0.2) is 0 Å². The fourth-order valence-corrected chi connectivity index (χ4v) is 1.87. The molecule has 16 heavy (non-hydrogen) atoms. The van der Waals surface area contributed by atoms with Gasteiger partial charge in [0.05, 0.1) is 0 Å². The summed E-state index contributed by atoms with van der Waals surface area (Å²) < 4.78 is 0. The molecule has 3 nitrogen and oxygen atoms in total. The van der Waals surface area contributed by atoms with E-state index in [2.05, 4.69) is 24.0 Å². The molecule has 1 aromatic heterocycles. The van der Waals surface area contributed by atoms with Crippen LogP contribution in [0.1, 0.15) is 17.5 Å². The molecule has 1 heterocycles. The van der Waals surface area contributed by atoms with E-state index < -0.39 is 0 Å². The molecule has 0 saturated carbocycles. The molecule has 2 N–H and O–H groups in total. The van der Waals surface area contributed by atoms with Gasteiger partial charge in [0.25, 0.3) is 0 Å². The summed E-state index contributed by atoms with van der Waals surface area (Å²) in [7, 11) is 0. The van der Waals surface area contributed by atoms with Crippen molar-refractivity contribution < 1.29 is 4.79 Å². The number of carbonyl (C=O) groups is 1. The smallest absolute Gasteiger partial charge is 0.217 e. The Morgan fingerprint density at radius 3 is 2.88 bits per heavy atom. The normalized spacial score (nSPS) is 10.6. The molecule has 3 heteroatoms. The van der Waals surface area contributed by atoms with E-state index in [-0.39, 0.29) is 5.91 Å². The lowest BCUT2D eigenvalue weighted by Gasteiger charge is -2.07. The summed E-state index contributed by atoms with van der Waals surface area (Å²) in [5, 5.41) is 2.31. The number of rotatable bonds is 3. The Labute approximate surface area is 94.3 Å². The van der Waals surface area contributed by atoms with Gasteiger partial charge in [-0.3, -0.25) is 9.78 Å². The molecule has 1 aromatic carbocycles. The van der Waals surface area contributed by atoms with Gasteiger partial charge in [0, 0.05) is 24.2 Å². The highest BCUT2D eigenvalue weighted by Crippen LogP contribution is 2.22. The van der Waals surface area contributed by atoms with Crippen molar-refractivity contribution in [1.29, 1.82) is 0 Å². The van der Waals surface area contributed by atoms with Crippen molar-refractivity contribution in [1.82, 2.24) is 4.98 Å². The van der Waals surface area contributed by atoms with Crippen LogP contribution in [0.4, 0.5) is 0 Å². The number of hydrogen-bond acceptors (Lipinski definition) is 2. The third kappa shape index (κ3) is 2.03. The molecular weight excluding hydrogens is 200 g/mol. The van der Waals surface area contributed by atoms with Gasteiger partial charge in [-0.1, -0.05) is 12.1 Å². The van der Waals surface area contributed by atoms with E-state index in [1.165, 1.54) is 5.56 Å². The highest BCUT2D eigenvalue weighted by Gasteiger charge is 2.04. The van der Waals surface area contributed by atoms with Gasteiger partial charge in [-0.2, -0.15) is 0 Å². The Morgan fingerprint density at radius 2 is 2.12 bits per heavy atom. The van der Waals surface area contributed by atoms with Gasteiger partial charge in [0.15, 0.2) is 0 Å². The molecule has 0 unspecified atom stereocenters. The molecule has 0 aliphatic heterocycles. The van der Waals surface area contributed by atoms with Crippen LogP contribution < -0.4 is 5.73 Å². The molecule has 0 spiro atoms. The molecule has 0 atom stereocenters. The fraction of sp³-hybridized carbons (Fsp3) is 0.231. The Hall–Kier alpha value is -1.90. The second-order valence-electron chi connectivity index (χ2n) is 3.93. The molecular formula is C13H14N2O. The Bertz CT molecular complexity index is 534. The van der Waals surface area contributed by atoms with Crippen LogP contribution in [0.5, 0.6) is 0 Å². The zero-order chi connectivity index (χ0) is 11.5. The number of nitrogens with two attached hydrogens (primary N) is 1. The summed E-state index contributed by atoms with van der Waals surface area (Å²) in [6.07, 6.45) is 4.71. The second kappa shape index (κ2) is 4.31. The Morgan fingerprint density at radius 1 is 1.31 bits per heavy atom. The predicted octanol–water partition coefficient (Wildman–Crippen LogP) is 1.96. The molecule has 82 valence electrons. The highest BCUT2D eigenvalue weighted by molar-refractivity contribution is 5.88. The number of pyridine rings is 1. The standard InChI is InChI=1S/C13H14N2O/c1-9-2-3-10(4-5-13(14)16)11-6-7-15-8-12(9)11/h2-3,6-8H,4-5H2,1H3,(H2,14,16). The maximum Gasteiger partial charge on any atom is 0.217 e. The lowest BCUT2D eigenvalue weighted by atomic mass is 9.99. The summed E-state index contributed by atoms with van der Waals surface area (Å²) in [6.45, 7) is 2.06. The van der Waals surface area contributed by atoms with Gasteiger partial charge in [0.2, 0.25) is 5.91 Å². The monoisotopic (exact) mass is 214 g/mol. The van der Waals surface area contributed by atoms with E-state index in [4.69, 9.17) is 5.73 Å². The zero-order valence-corrected chi connectivity index (χ0v) is 9.23. The average Bonchev–Trinajstić information content (AvgIpc) is 2.28. The van der Waals surface area contributed by atoms with Crippen LogP contribution in [-0.4, -0.2) is 10.9 Å². The number of hydrogen-bond donors (Lipinski definition) is 1. The predicted molar refractivity (Wildman–Crippen MR) is 64.0 cm³/mol. The summed E-state index contributed by atoms with van der Waals surface area (Å²) in [5.41, 5.74) is 7.52. The fourth-order valence-electron chi connectivity index (χ4n) is 1.87. The third-order valence-electron chi connectivity index (χ3n) is 2.77. The van der Waals surface area contributed by atoms with Gasteiger partial charge in [-0.15, -0.1) is 0 Å². The lowest BCUT2D eigenvalue weighted by Crippen LogP contribution is -2.11. The number of aryl methyl sites for hydroxylation is 2. The molecule has 0 bridgehead atoms. The minimum atomic E-state index is -0.261. The minimum absolute atomic E-state index is 0.261. The molecule has 2 rings (SSSR count). The summed E-state index contributed by atoms with van der Waals surface area (Å²) in [5.74, 6) is -0.261. The molecule has 0 aliphatic carbocycles. The van der Waals surface area contributed by atoms with Crippen molar-refractivity contribution in [2.24, 2.45) is 5.73 Å². The lowest BCUT2D eigenvalue weighted by molar-refractivity contribution is -0.117. The molecule has 0 saturated heterocycles. The van der Waals surface area contributed by atoms with Crippen LogP contribution in [0.25, 0.3) is 10.8 Å². The topological polar surface area (TPSA) is 56.0 Å².